The molecule has 0 fully saturated rings. The monoisotopic (exact) mass is 500 g/mol. The molecule has 4 aromatic rings. The number of anilines is 1. The Hall–Kier alpha value is -3.99. The van der Waals surface area contributed by atoms with Gasteiger partial charge in [0, 0.05) is 17.5 Å². The van der Waals surface area contributed by atoms with Gasteiger partial charge in [-0.15, -0.1) is 13.2 Å². The Morgan fingerprint density at radius 3 is 2.49 bits per heavy atom. The van der Waals surface area contributed by atoms with Gasteiger partial charge in [-0.3, -0.25) is 4.72 Å². The van der Waals surface area contributed by atoms with Crippen LogP contribution < -0.4 is 14.8 Å². The number of aryl methyl sites for hydroxylation is 2. The molecule has 1 heterocycles. The highest BCUT2D eigenvalue weighted by molar-refractivity contribution is 7.96. The summed E-state index contributed by atoms with van der Waals surface area (Å²) in [4.78, 5) is 16.5. The first-order valence-corrected chi connectivity index (χ1v) is 11.0. The highest BCUT2D eigenvalue weighted by Crippen LogP contribution is 2.28. The van der Waals surface area contributed by atoms with Crippen LogP contribution in [0.25, 0.3) is 22.6 Å². The van der Waals surface area contributed by atoms with Crippen LogP contribution in [0.15, 0.2) is 69.5 Å². The van der Waals surface area contributed by atoms with E-state index in [4.69, 9.17) is 4.42 Å². The van der Waals surface area contributed by atoms with Crippen LogP contribution in [0.4, 0.5) is 23.7 Å². The normalized spacial score (nSPS) is 11.7. The number of fused-ring (bicyclic) bond motifs is 1. The van der Waals surface area contributed by atoms with Gasteiger partial charge >= 0.3 is 12.4 Å². The van der Waals surface area contributed by atoms with Crippen molar-refractivity contribution in [3.05, 3.63) is 77.4 Å². The topological polar surface area (TPSA) is 88.8 Å². The second-order valence-corrected chi connectivity index (χ2v) is 8.06. The van der Waals surface area contributed by atoms with Crippen LogP contribution in [-0.4, -0.2) is 23.6 Å². The zero-order valence-electron chi connectivity index (χ0n) is 18.5. The highest BCUT2D eigenvalue weighted by atomic mass is 32.2. The number of ether oxygens (including phenoxy) is 1. The summed E-state index contributed by atoms with van der Waals surface area (Å²) in [6.45, 7) is 3.83. The third-order valence-corrected chi connectivity index (χ3v) is 5.35. The van der Waals surface area contributed by atoms with E-state index in [1.807, 2.05) is 32.0 Å². The summed E-state index contributed by atoms with van der Waals surface area (Å²) in [5.41, 5.74) is 4.94. The molecule has 180 valence electrons. The number of hydrogen-bond donors (Lipinski definition) is 2. The van der Waals surface area contributed by atoms with Gasteiger partial charge in [-0.1, -0.05) is 18.2 Å². The molecule has 0 aliphatic heterocycles. The number of hydrogen-bond acceptors (Lipinski definition) is 6. The summed E-state index contributed by atoms with van der Waals surface area (Å²) in [7, 11) is 0. The molecule has 0 atom stereocenters. The van der Waals surface area contributed by atoms with Crippen LogP contribution in [-0.2, 0) is 0 Å². The maximum absolute atomic E-state index is 12.3. The molecule has 0 saturated heterocycles. The van der Waals surface area contributed by atoms with Gasteiger partial charge in [0.05, 0.1) is 12.1 Å². The molecule has 11 heteroatoms. The van der Waals surface area contributed by atoms with Crippen molar-refractivity contribution in [2.75, 3.05) is 5.32 Å². The average Bonchev–Trinajstić information content (AvgIpc) is 3.22. The van der Waals surface area contributed by atoms with Gasteiger partial charge in [0.15, 0.2) is 5.58 Å². The van der Waals surface area contributed by atoms with E-state index < -0.39 is 12.4 Å². The number of amides is 2. The van der Waals surface area contributed by atoms with Gasteiger partial charge in [0.2, 0.25) is 5.89 Å². The molecule has 3 aromatic carbocycles. The fraction of sp³-hybridized carbons (Fsp3) is 0.125. The molecule has 7 nitrogen and oxygen atoms in total. The molecule has 0 unspecified atom stereocenters. The second kappa shape index (κ2) is 10.1. The fourth-order valence-corrected chi connectivity index (χ4v) is 3.61. The number of nitrogens with one attached hydrogen (secondary N) is 2. The zero-order valence-corrected chi connectivity index (χ0v) is 19.3. The number of benzene rings is 3. The van der Waals surface area contributed by atoms with Gasteiger partial charge in [0.1, 0.15) is 11.3 Å². The van der Waals surface area contributed by atoms with Crippen molar-refractivity contribution in [1.82, 2.24) is 9.71 Å². The molecule has 0 spiro atoms. The van der Waals surface area contributed by atoms with Crippen LogP contribution in [0.3, 0.4) is 0 Å². The van der Waals surface area contributed by atoms with Crippen molar-refractivity contribution in [3.8, 4) is 17.2 Å². The molecular weight excluding hydrogens is 481 g/mol. The Labute approximate surface area is 202 Å². The first-order valence-electron chi connectivity index (χ1n) is 10.3. The third-order valence-electron chi connectivity index (χ3n) is 4.86. The Balaban J connectivity index is 1.37. The SMILES string of the molecule is Cc1cccc(C)c1NC(=O)NS/N=C/c1ccc2oc(-c3ccc(OC(F)(F)F)cc3)nc2c1. The molecule has 1 aromatic heterocycles. The lowest BCUT2D eigenvalue weighted by Gasteiger charge is -2.10. The number of oxazole rings is 1. The first kappa shape index (κ1) is 24.1. The molecule has 2 N–H and O–H groups in total. The molecule has 0 radical (unpaired) electrons. The van der Waals surface area contributed by atoms with Crippen LogP contribution in [0, 0.1) is 13.8 Å². The Bertz CT molecular complexity index is 1370. The molecule has 2 amide bonds. The van der Waals surface area contributed by atoms with E-state index in [-0.39, 0.29) is 11.6 Å². The Morgan fingerprint density at radius 1 is 1.09 bits per heavy atom. The van der Waals surface area contributed by atoms with Crippen molar-refractivity contribution < 1.29 is 27.1 Å². The van der Waals surface area contributed by atoms with E-state index in [0.29, 0.717) is 16.7 Å². The second-order valence-electron chi connectivity index (χ2n) is 7.47. The minimum Gasteiger partial charge on any atom is -0.436 e. The van der Waals surface area contributed by atoms with Crippen molar-refractivity contribution in [1.29, 1.82) is 0 Å². The van der Waals surface area contributed by atoms with Crippen molar-refractivity contribution in [2.45, 2.75) is 20.2 Å². The van der Waals surface area contributed by atoms with Gasteiger partial charge in [-0.25, -0.2) is 14.2 Å². The number of carbonyl (C=O) groups is 1. The standard InChI is InChI=1S/C24H19F3N4O3S/c1-14-4-3-5-15(2)21(14)30-23(32)31-35-28-13-16-6-11-20-19(12-16)29-22(33-20)17-7-9-18(10-8-17)34-24(25,26)27/h3-13H,1-2H3,(H2,30,31,32)/b28-13+. The number of alkyl halides is 3. The van der Waals surface area contributed by atoms with E-state index >= 15 is 0 Å². The molecule has 35 heavy (non-hydrogen) atoms. The van der Waals surface area contributed by atoms with Gasteiger partial charge in [0.25, 0.3) is 0 Å². The maximum atomic E-state index is 12.3. The van der Waals surface area contributed by atoms with Crippen LogP contribution in [0.5, 0.6) is 5.75 Å². The fourth-order valence-electron chi connectivity index (χ4n) is 3.25. The average molecular weight is 501 g/mol. The summed E-state index contributed by atoms with van der Waals surface area (Å²) < 4.78 is 53.3. The van der Waals surface area contributed by atoms with Gasteiger partial charge in [-0.2, -0.15) is 0 Å². The lowest BCUT2D eigenvalue weighted by Crippen LogP contribution is -2.23. The quantitative estimate of drug-likeness (QED) is 0.224. The minimum atomic E-state index is -4.76. The lowest BCUT2D eigenvalue weighted by atomic mass is 10.1. The van der Waals surface area contributed by atoms with Crippen LogP contribution >= 0.6 is 12.1 Å². The Morgan fingerprint density at radius 2 is 1.80 bits per heavy atom. The van der Waals surface area contributed by atoms with Crippen LogP contribution in [0.2, 0.25) is 0 Å². The number of nitrogens with zero attached hydrogens (tertiary/aromatic N) is 2. The smallest absolute Gasteiger partial charge is 0.436 e. The molecular formula is C24H19F3N4O3S. The number of halogens is 3. The van der Waals surface area contributed by atoms with Crippen molar-refractivity contribution in [3.63, 3.8) is 0 Å². The van der Waals surface area contributed by atoms with E-state index in [2.05, 4.69) is 24.2 Å². The molecule has 0 bridgehead atoms. The number of rotatable bonds is 6. The number of para-hydroxylation sites is 1. The lowest BCUT2D eigenvalue weighted by molar-refractivity contribution is -0.274. The predicted molar refractivity (Wildman–Crippen MR) is 129 cm³/mol. The summed E-state index contributed by atoms with van der Waals surface area (Å²) in [5.74, 6) is -0.0726. The summed E-state index contributed by atoms with van der Waals surface area (Å²) in [5, 5.41) is 2.80. The highest BCUT2D eigenvalue weighted by Gasteiger charge is 2.31. The molecule has 0 aliphatic carbocycles. The largest absolute Gasteiger partial charge is 0.573 e. The van der Waals surface area contributed by atoms with Gasteiger partial charge < -0.3 is 14.5 Å². The Kier molecular flexibility index (Phi) is 6.97. The van der Waals surface area contributed by atoms with Crippen LogP contribution in [0.1, 0.15) is 16.7 Å². The maximum Gasteiger partial charge on any atom is 0.573 e. The van der Waals surface area contributed by atoms with Crippen molar-refractivity contribution >= 4 is 41.2 Å². The minimum absolute atomic E-state index is 0.256. The molecule has 4 rings (SSSR count). The van der Waals surface area contributed by atoms with E-state index in [9.17, 15) is 18.0 Å². The summed E-state index contributed by atoms with van der Waals surface area (Å²) >= 11 is 0.871. The zero-order chi connectivity index (χ0) is 25.0. The van der Waals surface area contributed by atoms with Gasteiger partial charge in [-0.05, 0) is 73.0 Å². The third kappa shape index (κ3) is 6.33. The summed E-state index contributed by atoms with van der Waals surface area (Å²) in [6, 6.07) is 15.8. The number of carbonyl (C=O) groups excluding carboxylic acids is 1. The van der Waals surface area contributed by atoms with E-state index in [1.165, 1.54) is 24.3 Å². The first-order chi connectivity index (χ1) is 16.7. The van der Waals surface area contributed by atoms with E-state index in [0.717, 1.165) is 34.5 Å². The predicted octanol–water partition coefficient (Wildman–Crippen LogP) is 6.81. The van der Waals surface area contributed by atoms with E-state index in [1.54, 1.807) is 24.4 Å². The molecule has 0 aliphatic rings. The number of urea groups is 1. The number of aromatic nitrogens is 1. The summed E-state index contributed by atoms with van der Waals surface area (Å²) in [6.07, 6.45) is -3.20. The molecule has 0 saturated carbocycles. The van der Waals surface area contributed by atoms with Crippen molar-refractivity contribution in [2.24, 2.45) is 4.40 Å².